The highest BCUT2D eigenvalue weighted by Crippen LogP contribution is 2.28. The molecule has 2 aliphatic heterocycles. The van der Waals surface area contributed by atoms with Gasteiger partial charge >= 0.3 is 12.2 Å². The minimum Gasteiger partial charge on any atom is -0.290 e. The number of rotatable bonds is 0. The van der Waals surface area contributed by atoms with E-state index in [1.807, 2.05) is 0 Å². The van der Waals surface area contributed by atoms with Gasteiger partial charge in [-0.15, -0.1) is 0 Å². The first-order chi connectivity index (χ1) is 5.74. The van der Waals surface area contributed by atoms with Crippen LogP contribution in [0.25, 0.3) is 4.85 Å². The Morgan fingerprint density at radius 1 is 1.58 bits per heavy atom. The van der Waals surface area contributed by atoms with Gasteiger partial charge < -0.3 is 0 Å². The van der Waals surface area contributed by atoms with E-state index < -0.39 is 6.03 Å². The van der Waals surface area contributed by atoms with Gasteiger partial charge in [0.2, 0.25) is 0 Å². The van der Waals surface area contributed by atoms with E-state index >= 15 is 0 Å². The molecule has 2 fully saturated rings. The number of carbonyl (C=O) groups excluding carboxylic acids is 1. The monoisotopic (exact) mass is 167 g/mol. The van der Waals surface area contributed by atoms with Gasteiger partial charge in [-0.2, -0.15) is 0 Å². The molecule has 1 N–H and O–H groups in total. The Morgan fingerprint density at radius 2 is 2.33 bits per heavy atom. The summed E-state index contributed by atoms with van der Waals surface area (Å²) in [5.41, 5.74) is 0. The van der Waals surface area contributed by atoms with Gasteiger partial charge in [-0.1, -0.05) is 0 Å². The summed E-state index contributed by atoms with van der Waals surface area (Å²) in [6.45, 7) is 7.34. The molecule has 2 aliphatic rings. The number of fused-ring (bicyclic) bond motifs is 2. The minimum atomic E-state index is -0.418. The lowest BCUT2D eigenvalue weighted by Crippen LogP contribution is -2.37. The number of nitrogens with zero attached hydrogens (tertiary/aromatic N) is 3. The summed E-state index contributed by atoms with van der Waals surface area (Å²) in [6.07, 6.45) is 1.05. The zero-order chi connectivity index (χ0) is 8.72. The van der Waals surface area contributed by atoms with Crippen molar-refractivity contribution in [2.75, 3.05) is 6.54 Å². The van der Waals surface area contributed by atoms with Gasteiger partial charge in [0.25, 0.3) is 0 Å². The van der Waals surface area contributed by atoms with Gasteiger partial charge in [0, 0.05) is 6.42 Å². The van der Waals surface area contributed by atoms with Crippen molar-refractivity contribution in [1.29, 1.82) is 0 Å². The number of hydrogen-bond acceptors (Lipinski definition) is 2. The molecule has 0 aromatic rings. The molecular weight excluding hydrogens is 158 g/mol. The maximum atomic E-state index is 11.2. The number of amides is 2. The first kappa shape index (κ1) is 7.37. The second-order valence-electron chi connectivity index (χ2n) is 3.12. The van der Waals surface area contributed by atoms with Crippen molar-refractivity contribution in [1.82, 2.24) is 9.96 Å². The molecule has 2 atom stereocenters. The molecule has 2 saturated heterocycles. The van der Waals surface area contributed by atoms with Crippen LogP contribution in [0.4, 0.5) is 4.79 Å². The van der Waals surface area contributed by atoms with Gasteiger partial charge in [0.1, 0.15) is 0 Å². The summed E-state index contributed by atoms with van der Waals surface area (Å²) in [5.74, 6) is 0. The average Bonchev–Trinajstić information content (AvgIpc) is 2.33. The van der Waals surface area contributed by atoms with Crippen molar-refractivity contribution in [3.05, 3.63) is 11.4 Å². The molecule has 5 nitrogen and oxygen atoms in total. The minimum absolute atomic E-state index is 0.0875. The van der Waals surface area contributed by atoms with Crippen LogP contribution in [-0.4, -0.2) is 40.0 Å². The summed E-state index contributed by atoms with van der Waals surface area (Å²) in [4.78, 5) is 16.0. The lowest BCUT2D eigenvalue weighted by atomic mass is 10.1. The third kappa shape index (κ3) is 0.786. The molecule has 2 bridgehead atoms. The smallest absolute Gasteiger partial charge is 0.290 e. The molecule has 0 radical (unpaired) electrons. The number of hydroxylamine groups is 2. The van der Waals surface area contributed by atoms with Gasteiger partial charge in [0.05, 0.1) is 12.6 Å². The van der Waals surface area contributed by atoms with Crippen molar-refractivity contribution >= 4 is 6.03 Å². The van der Waals surface area contributed by atoms with Crippen molar-refractivity contribution in [2.24, 2.45) is 0 Å². The summed E-state index contributed by atoms with van der Waals surface area (Å²) in [7, 11) is 0. The highest BCUT2D eigenvalue weighted by atomic mass is 16.5. The van der Waals surface area contributed by atoms with Gasteiger partial charge in [-0.25, -0.2) is 16.4 Å². The standard InChI is InChI=1S/C7H9N3O2/c1-8-6-3-2-5-4-9(6)7(11)10(5)12/h5-6,12H,2-4H2/t5-,6-/m0/s1. The average molecular weight is 167 g/mol. The van der Waals surface area contributed by atoms with Crippen molar-refractivity contribution in [3.8, 4) is 0 Å². The summed E-state index contributed by atoms with van der Waals surface area (Å²) in [6, 6.07) is -0.506. The van der Waals surface area contributed by atoms with E-state index in [1.165, 1.54) is 4.90 Å². The van der Waals surface area contributed by atoms with Crippen molar-refractivity contribution in [3.63, 3.8) is 0 Å². The molecule has 12 heavy (non-hydrogen) atoms. The number of urea groups is 1. The zero-order valence-electron chi connectivity index (χ0n) is 6.47. The lowest BCUT2D eigenvalue weighted by molar-refractivity contribution is -0.0583. The SMILES string of the molecule is [C-]#[N+][C@@H]1CC[C@H]2CN1C(=O)N2O. The Balaban J connectivity index is 2.24. The van der Waals surface area contributed by atoms with Crippen LogP contribution in [0.1, 0.15) is 12.8 Å². The van der Waals surface area contributed by atoms with Crippen LogP contribution in [0.3, 0.4) is 0 Å². The maximum absolute atomic E-state index is 11.2. The third-order valence-electron chi connectivity index (χ3n) is 2.46. The van der Waals surface area contributed by atoms with Crippen molar-refractivity contribution < 1.29 is 10.0 Å². The van der Waals surface area contributed by atoms with Gasteiger partial charge in [0.15, 0.2) is 0 Å². The zero-order valence-corrected chi connectivity index (χ0v) is 6.47. The largest absolute Gasteiger partial charge is 0.349 e. The van der Waals surface area contributed by atoms with Crippen LogP contribution in [0.15, 0.2) is 0 Å². The second kappa shape index (κ2) is 2.35. The van der Waals surface area contributed by atoms with E-state index in [2.05, 4.69) is 4.85 Å². The second-order valence-corrected chi connectivity index (χ2v) is 3.12. The first-order valence-corrected chi connectivity index (χ1v) is 3.89. The molecule has 0 spiro atoms. The van der Waals surface area contributed by atoms with Crippen molar-refractivity contribution in [2.45, 2.75) is 25.0 Å². The summed E-state index contributed by atoms with van der Waals surface area (Å²) in [5, 5.41) is 9.98. The number of carbonyl (C=O) groups is 1. The molecule has 0 aliphatic carbocycles. The van der Waals surface area contributed by atoms with Crippen LogP contribution in [0.5, 0.6) is 0 Å². The number of hydrogen-bond donors (Lipinski definition) is 1. The van der Waals surface area contributed by atoms with Crippen LogP contribution in [-0.2, 0) is 0 Å². The van der Waals surface area contributed by atoms with Crippen LogP contribution in [0, 0.1) is 6.57 Å². The van der Waals surface area contributed by atoms with E-state index in [-0.39, 0.29) is 12.2 Å². The molecule has 0 saturated carbocycles. The molecular formula is C7H9N3O2. The molecule has 2 rings (SSSR count). The Hall–Kier alpha value is -1.28. The van der Waals surface area contributed by atoms with Crippen LogP contribution >= 0.6 is 0 Å². The number of piperidine rings is 1. The fourth-order valence-electron chi connectivity index (χ4n) is 1.76. The molecule has 2 amide bonds. The highest BCUT2D eigenvalue weighted by molar-refractivity contribution is 5.76. The first-order valence-electron chi connectivity index (χ1n) is 3.89. The Labute approximate surface area is 69.9 Å². The molecule has 64 valence electrons. The quantitative estimate of drug-likeness (QED) is 0.422. The Bertz CT molecular complexity index is 260. The fourth-order valence-corrected chi connectivity index (χ4v) is 1.76. The Morgan fingerprint density at radius 3 is 3.00 bits per heavy atom. The summed E-state index contributed by atoms with van der Waals surface area (Å²) < 4.78 is 0. The van der Waals surface area contributed by atoms with Gasteiger partial charge in [-0.3, -0.25) is 15.0 Å². The fraction of sp³-hybridized carbons (Fsp3) is 0.714. The lowest BCUT2D eigenvalue weighted by Gasteiger charge is -2.20. The van der Waals surface area contributed by atoms with E-state index in [9.17, 15) is 10.0 Å². The highest BCUT2D eigenvalue weighted by Gasteiger charge is 2.47. The Kier molecular flexibility index (Phi) is 1.45. The maximum Gasteiger partial charge on any atom is 0.349 e. The molecule has 0 unspecified atom stereocenters. The predicted molar refractivity (Wildman–Crippen MR) is 39.1 cm³/mol. The third-order valence-corrected chi connectivity index (χ3v) is 2.46. The summed E-state index contributed by atoms with van der Waals surface area (Å²) >= 11 is 0. The molecule has 5 heteroatoms. The van der Waals surface area contributed by atoms with Crippen LogP contribution in [0.2, 0.25) is 0 Å². The van der Waals surface area contributed by atoms with E-state index in [4.69, 9.17) is 6.57 Å². The van der Waals surface area contributed by atoms with E-state index in [0.29, 0.717) is 13.0 Å². The topological polar surface area (TPSA) is 48.1 Å². The van der Waals surface area contributed by atoms with Gasteiger partial charge in [-0.05, 0) is 6.42 Å². The molecule has 0 aromatic heterocycles. The van der Waals surface area contributed by atoms with E-state index in [1.54, 1.807) is 0 Å². The normalized spacial score (nSPS) is 33.8. The molecule has 2 heterocycles. The van der Waals surface area contributed by atoms with Crippen LogP contribution < -0.4 is 0 Å². The van der Waals surface area contributed by atoms with E-state index in [0.717, 1.165) is 11.5 Å². The predicted octanol–water partition coefficient (Wildman–Crippen LogP) is 0.521. The molecule has 0 aromatic carbocycles.